The van der Waals surface area contributed by atoms with Crippen LogP contribution in [0.25, 0.3) is 0 Å². The van der Waals surface area contributed by atoms with Gasteiger partial charge in [0.2, 0.25) is 11.8 Å². The predicted molar refractivity (Wildman–Crippen MR) is 104 cm³/mol. The largest absolute Gasteiger partial charge is 0.310 e. The summed E-state index contributed by atoms with van der Waals surface area (Å²) in [5.41, 5.74) is 1.81. The van der Waals surface area contributed by atoms with E-state index in [0.717, 1.165) is 16.3 Å². The summed E-state index contributed by atoms with van der Waals surface area (Å²) in [7, 11) is 0. The summed E-state index contributed by atoms with van der Waals surface area (Å²) in [6.07, 6.45) is 0.245. The first-order chi connectivity index (χ1) is 11.8. The van der Waals surface area contributed by atoms with Crippen molar-refractivity contribution in [3.8, 4) is 0 Å². The number of nitrogens with zero attached hydrogens (tertiary/aromatic N) is 2. The second-order valence-electron chi connectivity index (χ2n) is 6.89. The molecule has 132 valence electrons. The molecule has 0 unspecified atom stereocenters. The number of para-hydroxylation sites is 1. The second-order valence-corrected chi connectivity index (χ2v) is 8.76. The van der Waals surface area contributed by atoms with Gasteiger partial charge in [0.1, 0.15) is 0 Å². The van der Waals surface area contributed by atoms with Gasteiger partial charge in [-0.2, -0.15) is 0 Å². The summed E-state index contributed by atoms with van der Waals surface area (Å²) in [5.74, 6) is 0.333. The van der Waals surface area contributed by atoms with Crippen molar-refractivity contribution in [2.24, 2.45) is 0 Å². The molecule has 0 saturated carbocycles. The molecule has 5 nitrogen and oxygen atoms in total. The molecule has 1 aliphatic rings. The van der Waals surface area contributed by atoms with Gasteiger partial charge in [-0.25, -0.2) is 4.98 Å². The number of hydrogen-bond donors (Lipinski definition) is 1. The highest BCUT2D eigenvalue weighted by Gasteiger charge is 2.25. The zero-order valence-corrected chi connectivity index (χ0v) is 16.2. The lowest BCUT2D eigenvalue weighted by molar-refractivity contribution is -0.117. The molecular formula is C18H21N3O2S2. The number of hydrogen-bond acceptors (Lipinski definition) is 5. The summed E-state index contributed by atoms with van der Waals surface area (Å²) in [4.78, 5) is 31.7. The number of thioether (sulfide) groups is 1. The molecule has 1 aromatic carbocycles. The molecule has 0 atom stereocenters. The van der Waals surface area contributed by atoms with Crippen LogP contribution in [0.2, 0.25) is 0 Å². The van der Waals surface area contributed by atoms with Crippen LogP contribution in [0, 0.1) is 0 Å². The van der Waals surface area contributed by atoms with Crippen LogP contribution in [0.15, 0.2) is 34.5 Å². The fourth-order valence-electron chi connectivity index (χ4n) is 2.47. The number of nitrogens with one attached hydrogen (secondary N) is 1. The Kier molecular flexibility index (Phi) is 5.15. The molecule has 1 N–H and O–H groups in total. The van der Waals surface area contributed by atoms with Crippen molar-refractivity contribution < 1.29 is 9.59 Å². The van der Waals surface area contributed by atoms with Gasteiger partial charge in [-0.3, -0.25) is 9.59 Å². The first-order valence-electron chi connectivity index (χ1n) is 8.12. The quantitative estimate of drug-likeness (QED) is 0.880. The van der Waals surface area contributed by atoms with Crippen LogP contribution in [0.1, 0.15) is 32.9 Å². The van der Waals surface area contributed by atoms with Crippen LogP contribution < -0.4 is 10.2 Å². The molecule has 2 amide bonds. The predicted octanol–water partition coefficient (Wildman–Crippen LogP) is 3.91. The Morgan fingerprint density at radius 3 is 2.80 bits per heavy atom. The molecule has 1 aliphatic heterocycles. The number of aromatic nitrogens is 1. The van der Waals surface area contributed by atoms with Gasteiger partial charge in [0.25, 0.3) is 0 Å². The lowest BCUT2D eigenvalue weighted by Gasteiger charge is -2.28. The van der Waals surface area contributed by atoms with Crippen LogP contribution in [-0.2, 0) is 15.0 Å². The van der Waals surface area contributed by atoms with Gasteiger partial charge in [-0.05, 0) is 12.1 Å². The van der Waals surface area contributed by atoms with Gasteiger partial charge >= 0.3 is 0 Å². The minimum atomic E-state index is -0.127. The third kappa shape index (κ3) is 4.22. The number of thiazole rings is 1. The zero-order chi connectivity index (χ0) is 18.0. The fourth-order valence-corrected chi connectivity index (χ4v) is 4.36. The lowest BCUT2D eigenvalue weighted by Crippen LogP contribution is -2.37. The minimum absolute atomic E-state index is 0.0406. The molecule has 2 heterocycles. The van der Waals surface area contributed by atoms with Crippen molar-refractivity contribution in [1.82, 2.24) is 4.98 Å². The third-order valence-corrected chi connectivity index (χ3v) is 5.69. The smallest absolute Gasteiger partial charge is 0.237 e. The Labute approximate surface area is 155 Å². The van der Waals surface area contributed by atoms with Crippen LogP contribution >= 0.6 is 23.1 Å². The number of rotatable bonds is 4. The first kappa shape index (κ1) is 17.9. The van der Waals surface area contributed by atoms with Crippen molar-refractivity contribution in [3.63, 3.8) is 0 Å². The van der Waals surface area contributed by atoms with Crippen molar-refractivity contribution in [2.75, 3.05) is 22.5 Å². The summed E-state index contributed by atoms with van der Waals surface area (Å²) < 4.78 is 0. The van der Waals surface area contributed by atoms with Crippen LogP contribution in [0.3, 0.4) is 0 Å². The highest BCUT2D eigenvalue weighted by molar-refractivity contribution is 8.00. The molecule has 0 radical (unpaired) electrons. The summed E-state index contributed by atoms with van der Waals surface area (Å²) >= 11 is 2.97. The van der Waals surface area contributed by atoms with E-state index in [9.17, 15) is 9.59 Å². The molecule has 25 heavy (non-hydrogen) atoms. The number of benzene rings is 1. The average molecular weight is 376 g/mol. The van der Waals surface area contributed by atoms with Crippen LogP contribution in [0.5, 0.6) is 0 Å². The van der Waals surface area contributed by atoms with E-state index in [2.05, 4.69) is 31.1 Å². The van der Waals surface area contributed by atoms with E-state index in [1.807, 2.05) is 29.6 Å². The number of carbonyl (C=O) groups excluding carboxylic acids is 2. The Balaban J connectivity index is 1.61. The van der Waals surface area contributed by atoms with Crippen LogP contribution in [-0.4, -0.2) is 29.1 Å². The summed E-state index contributed by atoms with van der Waals surface area (Å²) in [6.45, 7) is 6.64. The number of fused-ring (bicyclic) bond motifs is 1. The minimum Gasteiger partial charge on any atom is -0.310 e. The van der Waals surface area contributed by atoms with E-state index in [4.69, 9.17) is 0 Å². The number of carbonyl (C=O) groups is 2. The van der Waals surface area contributed by atoms with Crippen molar-refractivity contribution in [2.45, 2.75) is 37.5 Å². The monoisotopic (exact) mass is 375 g/mol. The molecule has 7 heteroatoms. The Morgan fingerprint density at radius 2 is 2.08 bits per heavy atom. The first-order valence-corrected chi connectivity index (χ1v) is 9.99. The highest BCUT2D eigenvalue weighted by Crippen LogP contribution is 2.35. The Bertz CT molecular complexity index is 796. The molecule has 2 aromatic rings. The van der Waals surface area contributed by atoms with Crippen molar-refractivity contribution in [3.05, 3.63) is 35.3 Å². The van der Waals surface area contributed by atoms with E-state index in [-0.39, 0.29) is 23.7 Å². The average Bonchev–Trinajstić information content (AvgIpc) is 3.02. The standard InChI is InChI=1S/C18H21N3O2S2/c1-18(2,3)14-10-25-17(19-14)20-15(22)8-9-21-12-6-4-5-7-13(12)24-11-16(21)23/h4-7,10H,8-9,11H2,1-3H3,(H,19,20,22). The zero-order valence-electron chi connectivity index (χ0n) is 14.5. The number of anilines is 2. The van der Waals surface area contributed by atoms with Gasteiger partial charge in [-0.1, -0.05) is 32.9 Å². The van der Waals surface area contributed by atoms with Gasteiger partial charge in [-0.15, -0.1) is 23.1 Å². The van der Waals surface area contributed by atoms with E-state index < -0.39 is 0 Å². The van der Waals surface area contributed by atoms with Gasteiger partial charge < -0.3 is 10.2 Å². The van der Waals surface area contributed by atoms with Gasteiger partial charge in [0.05, 0.1) is 17.1 Å². The molecule has 0 bridgehead atoms. The topological polar surface area (TPSA) is 62.3 Å². The lowest BCUT2D eigenvalue weighted by atomic mass is 9.93. The van der Waals surface area contributed by atoms with Crippen molar-refractivity contribution >= 4 is 45.7 Å². The van der Waals surface area contributed by atoms with E-state index >= 15 is 0 Å². The van der Waals surface area contributed by atoms with Gasteiger partial charge in [0, 0.05) is 28.7 Å². The van der Waals surface area contributed by atoms with E-state index in [1.54, 1.807) is 16.7 Å². The van der Waals surface area contributed by atoms with E-state index in [1.165, 1.54) is 11.3 Å². The number of amides is 2. The maximum Gasteiger partial charge on any atom is 0.237 e. The molecular weight excluding hydrogens is 354 g/mol. The van der Waals surface area contributed by atoms with Gasteiger partial charge in [0.15, 0.2) is 5.13 Å². The molecule has 0 spiro atoms. The highest BCUT2D eigenvalue weighted by atomic mass is 32.2. The fraction of sp³-hybridized carbons (Fsp3) is 0.389. The SMILES string of the molecule is CC(C)(C)c1csc(NC(=O)CCN2C(=O)CSc3ccccc32)n1. The maximum atomic E-state index is 12.2. The molecule has 3 rings (SSSR count). The Hall–Kier alpha value is -1.86. The summed E-state index contributed by atoms with van der Waals surface area (Å²) in [5, 5.41) is 5.41. The Morgan fingerprint density at radius 1 is 1.32 bits per heavy atom. The molecule has 0 aliphatic carbocycles. The van der Waals surface area contributed by atoms with Crippen LogP contribution in [0.4, 0.5) is 10.8 Å². The molecule has 1 aromatic heterocycles. The molecule has 0 fully saturated rings. The van der Waals surface area contributed by atoms with E-state index in [0.29, 0.717) is 17.4 Å². The summed E-state index contributed by atoms with van der Waals surface area (Å²) in [6, 6.07) is 7.80. The normalized spacial score (nSPS) is 14.4. The second kappa shape index (κ2) is 7.17. The van der Waals surface area contributed by atoms with Crippen molar-refractivity contribution in [1.29, 1.82) is 0 Å². The maximum absolute atomic E-state index is 12.2. The third-order valence-electron chi connectivity index (χ3n) is 3.89. The molecule has 0 saturated heterocycles.